The van der Waals surface area contributed by atoms with E-state index in [0.717, 1.165) is 11.3 Å². The molecule has 2 rings (SSSR count). The van der Waals surface area contributed by atoms with Crippen LogP contribution in [-0.4, -0.2) is 18.2 Å². The van der Waals surface area contributed by atoms with Crippen LogP contribution in [0.3, 0.4) is 0 Å². The largest absolute Gasteiger partial charge is 0.475 e. The monoisotopic (exact) mass is 249 g/mol. The third-order valence-electron chi connectivity index (χ3n) is 3.38. The first kappa shape index (κ1) is 12.7. The fourth-order valence-corrected chi connectivity index (χ4v) is 2.28. The van der Waals surface area contributed by atoms with Crippen molar-refractivity contribution < 1.29 is 14.3 Å². The van der Waals surface area contributed by atoms with E-state index in [9.17, 15) is 4.79 Å². The predicted octanol–water partition coefficient (Wildman–Crippen LogP) is 2.16. The van der Waals surface area contributed by atoms with Crippen LogP contribution in [0, 0.1) is 5.92 Å². The first-order valence-corrected chi connectivity index (χ1v) is 6.24. The average Bonchev–Trinajstić information content (AvgIpc) is 2.69. The van der Waals surface area contributed by atoms with E-state index in [4.69, 9.17) is 15.2 Å². The van der Waals surface area contributed by atoms with Gasteiger partial charge >= 0.3 is 5.97 Å². The molecule has 0 amide bonds. The van der Waals surface area contributed by atoms with E-state index in [-0.39, 0.29) is 11.9 Å². The zero-order valence-corrected chi connectivity index (χ0v) is 11.0. The minimum atomic E-state index is -0.911. The van der Waals surface area contributed by atoms with Crippen molar-refractivity contribution in [3.63, 3.8) is 0 Å². The van der Waals surface area contributed by atoms with Crippen molar-refractivity contribution in [3.8, 4) is 5.75 Å². The van der Waals surface area contributed by atoms with Gasteiger partial charge in [-0.15, -0.1) is 0 Å². The van der Waals surface area contributed by atoms with Gasteiger partial charge in [0.05, 0.1) is 6.61 Å². The quantitative estimate of drug-likeness (QED) is 0.658. The minimum absolute atomic E-state index is 0.0326. The Morgan fingerprint density at radius 3 is 2.89 bits per heavy atom. The van der Waals surface area contributed by atoms with E-state index < -0.39 is 5.60 Å². The summed E-state index contributed by atoms with van der Waals surface area (Å²) in [5.74, 6) is 0.464. The third kappa shape index (κ3) is 1.92. The fourth-order valence-electron chi connectivity index (χ4n) is 2.28. The van der Waals surface area contributed by atoms with Gasteiger partial charge in [-0.25, -0.2) is 4.79 Å². The van der Waals surface area contributed by atoms with Crippen LogP contribution in [0.15, 0.2) is 18.2 Å². The van der Waals surface area contributed by atoms with Gasteiger partial charge < -0.3 is 15.2 Å². The number of carbonyl (C=O) groups excluding carboxylic acids is 1. The van der Waals surface area contributed by atoms with Gasteiger partial charge in [0.25, 0.3) is 0 Å². The summed E-state index contributed by atoms with van der Waals surface area (Å²) in [4.78, 5) is 12.2. The molecule has 4 nitrogen and oxygen atoms in total. The summed E-state index contributed by atoms with van der Waals surface area (Å²) in [6.45, 7) is 6.08. The Hall–Kier alpha value is -1.71. The van der Waals surface area contributed by atoms with Crippen molar-refractivity contribution in [1.82, 2.24) is 0 Å². The van der Waals surface area contributed by atoms with Gasteiger partial charge in [0, 0.05) is 23.6 Å². The van der Waals surface area contributed by atoms with E-state index in [0.29, 0.717) is 18.7 Å². The summed E-state index contributed by atoms with van der Waals surface area (Å²) in [6.07, 6.45) is 0.518. The average molecular weight is 249 g/mol. The summed E-state index contributed by atoms with van der Waals surface area (Å²) in [7, 11) is 0. The first-order valence-electron chi connectivity index (χ1n) is 6.24. The topological polar surface area (TPSA) is 61.5 Å². The van der Waals surface area contributed by atoms with Gasteiger partial charge in [-0.1, -0.05) is 13.8 Å². The lowest BCUT2D eigenvalue weighted by Gasteiger charge is -2.30. The van der Waals surface area contributed by atoms with Crippen LogP contribution in [0.2, 0.25) is 0 Å². The zero-order valence-electron chi connectivity index (χ0n) is 11.0. The molecule has 0 saturated carbocycles. The Balaban J connectivity index is 2.35. The Morgan fingerprint density at radius 2 is 2.28 bits per heavy atom. The summed E-state index contributed by atoms with van der Waals surface area (Å²) >= 11 is 0. The molecular formula is C14H19NO3. The molecule has 98 valence electrons. The number of nitrogens with two attached hydrogens (primary N) is 1. The van der Waals surface area contributed by atoms with E-state index in [1.54, 1.807) is 13.0 Å². The number of anilines is 1. The second-order valence-corrected chi connectivity index (χ2v) is 4.91. The molecule has 1 atom stereocenters. The molecule has 1 aliphatic heterocycles. The Morgan fingerprint density at radius 1 is 1.56 bits per heavy atom. The van der Waals surface area contributed by atoms with Crippen LogP contribution in [0.25, 0.3) is 0 Å². The number of fused-ring (bicyclic) bond motifs is 1. The number of hydrogen-bond donors (Lipinski definition) is 1. The molecule has 2 N–H and O–H groups in total. The van der Waals surface area contributed by atoms with Crippen LogP contribution in [-0.2, 0) is 16.0 Å². The SMILES string of the molecule is CCOC(=O)C1(C(C)C)Cc2cc(N)ccc2O1. The molecule has 0 bridgehead atoms. The summed E-state index contributed by atoms with van der Waals surface area (Å²) in [5, 5.41) is 0. The lowest BCUT2D eigenvalue weighted by atomic mass is 9.86. The Bertz CT molecular complexity index is 470. The highest BCUT2D eigenvalue weighted by atomic mass is 16.6. The second kappa shape index (κ2) is 4.52. The molecule has 1 aromatic rings. The number of carbonyl (C=O) groups is 1. The highest BCUT2D eigenvalue weighted by Gasteiger charge is 2.50. The predicted molar refractivity (Wildman–Crippen MR) is 69.4 cm³/mol. The van der Waals surface area contributed by atoms with Crippen LogP contribution >= 0.6 is 0 Å². The lowest BCUT2D eigenvalue weighted by molar-refractivity contribution is -0.164. The lowest BCUT2D eigenvalue weighted by Crippen LogP contribution is -2.49. The number of rotatable bonds is 3. The van der Waals surface area contributed by atoms with Crippen LogP contribution < -0.4 is 10.5 Å². The molecule has 1 heterocycles. The Labute approximate surface area is 107 Å². The first-order chi connectivity index (χ1) is 8.49. The van der Waals surface area contributed by atoms with Crippen molar-refractivity contribution in [2.75, 3.05) is 12.3 Å². The molecule has 0 saturated heterocycles. The van der Waals surface area contributed by atoms with Gasteiger partial charge in [0.2, 0.25) is 5.60 Å². The van der Waals surface area contributed by atoms with Gasteiger partial charge in [0.1, 0.15) is 5.75 Å². The molecule has 1 aromatic carbocycles. The maximum absolute atomic E-state index is 12.2. The number of ether oxygens (including phenoxy) is 2. The van der Waals surface area contributed by atoms with Crippen molar-refractivity contribution in [3.05, 3.63) is 23.8 Å². The molecule has 1 unspecified atom stereocenters. The van der Waals surface area contributed by atoms with Crippen LogP contribution in [0.4, 0.5) is 5.69 Å². The summed E-state index contributed by atoms with van der Waals surface area (Å²) in [6, 6.07) is 5.45. The standard InChI is InChI=1S/C14H19NO3/c1-4-17-13(16)14(9(2)3)8-10-7-11(15)5-6-12(10)18-14/h5-7,9H,4,8,15H2,1-3H3. The van der Waals surface area contributed by atoms with Gasteiger partial charge in [-0.3, -0.25) is 0 Å². The highest BCUT2D eigenvalue weighted by Crippen LogP contribution is 2.40. The fraction of sp³-hybridized carbons (Fsp3) is 0.500. The molecule has 0 radical (unpaired) electrons. The van der Waals surface area contributed by atoms with E-state index in [2.05, 4.69) is 0 Å². The van der Waals surface area contributed by atoms with E-state index >= 15 is 0 Å². The number of benzene rings is 1. The molecule has 0 aromatic heterocycles. The normalized spacial score (nSPS) is 21.6. The highest BCUT2D eigenvalue weighted by molar-refractivity contribution is 5.82. The Kier molecular flexibility index (Phi) is 3.20. The molecule has 0 fully saturated rings. The minimum Gasteiger partial charge on any atom is -0.475 e. The number of hydrogen-bond acceptors (Lipinski definition) is 4. The van der Waals surface area contributed by atoms with Gasteiger partial charge in [-0.2, -0.15) is 0 Å². The van der Waals surface area contributed by atoms with Crippen molar-refractivity contribution in [1.29, 1.82) is 0 Å². The molecule has 4 heteroatoms. The van der Waals surface area contributed by atoms with E-state index in [1.807, 2.05) is 26.0 Å². The summed E-state index contributed by atoms with van der Waals surface area (Å²) < 4.78 is 11.1. The molecule has 0 spiro atoms. The van der Waals surface area contributed by atoms with E-state index in [1.165, 1.54) is 0 Å². The number of nitrogen functional groups attached to an aromatic ring is 1. The van der Waals surface area contributed by atoms with Gasteiger partial charge in [0.15, 0.2) is 0 Å². The third-order valence-corrected chi connectivity index (χ3v) is 3.38. The smallest absolute Gasteiger partial charge is 0.351 e. The maximum Gasteiger partial charge on any atom is 0.351 e. The van der Waals surface area contributed by atoms with Crippen molar-refractivity contribution >= 4 is 11.7 Å². The maximum atomic E-state index is 12.2. The van der Waals surface area contributed by atoms with Crippen molar-refractivity contribution in [2.45, 2.75) is 32.8 Å². The van der Waals surface area contributed by atoms with Gasteiger partial charge in [-0.05, 0) is 25.1 Å². The molecular weight excluding hydrogens is 230 g/mol. The van der Waals surface area contributed by atoms with Crippen LogP contribution in [0.5, 0.6) is 5.75 Å². The second-order valence-electron chi connectivity index (χ2n) is 4.91. The number of esters is 1. The molecule has 0 aliphatic carbocycles. The van der Waals surface area contributed by atoms with Crippen molar-refractivity contribution in [2.24, 2.45) is 5.92 Å². The summed E-state index contributed by atoms with van der Waals surface area (Å²) in [5.41, 5.74) is 6.50. The zero-order chi connectivity index (χ0) is 13.3. The molecule has 18 heavy (non-hydrogen) atoms. The molecule has 1 aliphatic rings. The van der Waals surface area contributed by atoms with Crippen LogP contribution in [0.1, 0.15) is 26.3 Å².